The Labute approximate surface area is 167 Å². The van der Waals surface area contributed by atoms with Crippen LogP contribution in [0.1, 0.15) is 79.5 Å². The summed E-state index contributed by atoms with van der Waals surface area (Å²) in [5, 5.41) is 2.91. The highest BCUT2D eigenvalue weighted by Crippen LogP contribution is 2.39. The Morgan fingerprint density at radius 2 is 1.52 bits per heavy atom. The summed E-state index contributed by atoms with van der Waals surface area (Å²) in [4.78, 5) is 12.3. The summed E-state index contributed by atoms with van der Waals surface area (Å²) in [6.45, 7) is 23.1. The molecule has 1 unspecified atom stereocenters. The monoisotopic (exact) mass is 393 g/mol. The van der Waals surface area contributed by atoms with E-state index in [0.29, 0.717) is 0 Å². The average molecular weight is 394 g/mol. The van der Waals surface area contributed by atoms with E-state index in [1.165, 1.54) is 0 Å². The number of anilines is 1. The molecule has 0 radical (unpaired) electrons. The molecule has 0 bridgehead atoms. The number of ether oxygens (including phenoxy) is 1. The lowest BCUT2D eigenvalue weighted by molar-refractivity contribution is 0.0635. The smallest absolute Gasteiger partial charge is 0.412 e. The van der Waals surface area contributed by atoms with Crippen LogP contribution in [-0.4, -0.2) is 20.7 Å². The average Bonchev–Trinajstić information content (AvgIpc) is 2.39. The van der Waals surface area contributed by atoms with Crippen molar-refractivity contribution in [3.8, 4) is 0 Å². The summed E-state index contributed by atoms with van der Waals surface area (Å²) < 4.78 is 11.8. The molecule has 0 spiro atoms. The predicted molar refractivity (Wildman–Crippen MR) is 117 cm³/mol. The van der Waals surface area contributed by atoms with Gasteiger partial charge in [-0.15, -0.1) is 0 Å². The van der Waals surface area contributed by atoms with Gasteiger partial charge in [0.1, 0.15) is 5.60 Å². The first kappa shape index (κ1) is 23.7. The van der Waals surface area contributed by atoms with Crippen LogP contribution in [0, 0.1) is 5.41 Å². The number of hydrogen-bond donors (Lipinski definition) is 1. The number of benzene rings is 1. The van der Waals surface area contributed by atoms with Crippen molar-refractivity contribution in [1.29, 1.82) is 0 Å². The molecule has 1 aromatic rings. The highest BCUT2D eigenvalue weighted by molar-refractivity contribution is 6.48. The molecule has 0 heterocycles. The topological polar surface area (TPSA) is 47.6 Å². The Kier molecular flexibility index (Phi) is 7.34. The fourth-order valence-electron chi connectivity index (χ4n) is 2.78. The van der Waals surface area contributed by atoms with Crippen molar-refractivity contribution in [2.45, 2.75) is 92.5 Å². The van der Waals surface area contributed by atoms with E-state index >= 15 is 0 Å². The molecule has 154 valence electrons. The second kappa shape index (κ2) is 8.35. The molecule has 5 heteroatoms. The Morgan fingerprint density at radius 1 is 0.963 bits per heavy atom. The molecule has 0 saturated carbocycles. The fourth-order valence-corrected chi connectivity index (χ4v) is 3.89. The first-order valence-electron chi connectivity index (χ1n) is 9.80. The Hall–Kier alpha value is -1.33. The Bertz CT molecular complexity index is 649. The minimum atomic E-state index is -1.24. The highest BCUT2D eigenvalue weighted by atomic mass is 28.3. The fraction of sp³-hybridized carbons (Fsp3) is 0.682. The number of rotatable bonds is 4. The van der Waals surface area contributed by atoms with E-state index in [0.717, 1.165) is 16.8 Å². The molecule has 4 nitrogen and oxygen atoms in total. The summed E-state index contributed by atoms with van der Waals surface area (Å²) in [5.74, 6) is 0. The normalized spacial score (nSPS) is 14.2. The maximum atomic E-state index is 12.3. The third-order valence-corrected chi connectivity index (χ3v) is 4.78. The Balaban J connectivity index is 3.37. The van der Waals surface area contributed by atoms with Crippen LogP contribution >= 0.6 is 0 Å². The summed E-state index contributed by atoms with van der Waals surface area (Å²) >= 11 is 0. The molecule has 0 aliphatic heterocycles. The summed E-state index contributed by atoms with van der Waals surface area (Å²) in [7, 11) is -1.24. The Morgan fingerprint density at radius 3 is 1.93 bits per heavy atom. The van der Waals surface area contributed by atoms with Gasteiger partial charge in [0.2, 0.25) is 0 Å². The van der Waals surface area contributed by atoms with Gasteiger partial charge in [-0.25, -0.2) is 4.79 Å². The molecular weight excluding hydrogens is 354 g/mol. The molecule has 1 rings (SSSR count). The largest absolute Gasteiger partial charge is 0.444 e. The van der Waals surface area contributed by atoms with Gasteiger partial charge in [0, 0.05) is 5.69 Å². The van der Waals surface area contributed by atoms with Gasteiger partial charge in [-0.1, -0.05) is 47.6 Å². The molecule has 27 heavy (non-hydrogen) atoms. The zero-order valence-corrected chi connectivity index (χ0v) is 20.3. The van der Waals surface area contributed by atoms with Crippen molar-refractivity contribution in [1.82, 2.24) is 0 Å². The first-order valence-corrected chi connectivity index (χ1v) is 12.6. The molecule has 1 amide bonds. The van der Waals surface area contributed by atoms with E-state index < -0.39 is 20.7 Å². The predicted octanol–water partition coefficient (Wildman–Crippen LogP) is 6.42. The number of nitrogens with one attached hydrogen (secondary N) is 1. The number of amides is 1. The zero-order chi connectivity index (χ0) is 21.2. The van der Waals surface area contributed by atoms with Crippen molar-refractivity contribution in [2.75, 3.05) is 5.32 Å². The second-order valence-electron chi connectivity index (χ2n) is 10.7. The van der Waals surface area contributed by atoms with Crippen molar-refractivity contribution in [3.05, 3.63) is 29.3 Å². The van der Waals surface area contributed by atoms with E-state index in [4.69, 9.17) is 9.16 Å². The van der Waals surface area contributed by atoms with Gasteiger partial charge in [-0.2, -0.15) is 0 Å². The molecule has 0 aliphatic rings. The van der Waals surface area contributed by atoms with Crippen LogP contribution in [0.5, 0.6) is 0 Å². The molecule has 0 aliphatic carbocycles. The van der Waals surface area contributed by atoms with Crippen molar-refractivity contribution >= 4 is 20.8 Å². The van der Waals surface area contributed by atoms with E-state index in [1.54, 1.807) is 0 Å². The minimum Gasteiger partial charge on any atom is -0.444 e. The summed E-state index contributed by atoms with van der Waals surface area (Å²) in [6, 6.07) is 6.26. The van der Waals surface area contributed by atoms with Crippen LogP contribution < -0.4 is 5.32 Å². The lowest BCUT2D eigenvalue weighted by Gasteiger charge is -2.34. The van der Waals surface area contributed by atoms with Crippen molar-refractivity contribution < 1.29 is 14.0 Å². The summed E-state index contributed by atoms with van der Waals surface area (Å²) in [5.41, 5.74) is 2.38. The minimum absolute atomic E-state index is 0.0225. The van der Waals surface area contributed by atoms with Crippen molar-refractivity contribution in [2.24, 2.45) is 5.41 Å². The zero-order valence-electron chi connectivity index (χ0n) is 19.1. The van der Waals surface area contributed by atoms with Crippen LogP contribution in [0.15, 0.2) is 18.2 Å². The van der Waals surface area contributed by atoms with Gasteiger partial charge < -0.3 is 9.16 Å². The molecule has 1 N–H and O–H groups in total. The number of carbonyl (C=O) groups excluding carboxylic acids is 1. The molecule has 1 atom stereocenters. The van der Waals surface area contributed by atoms with E-state index in [-0.39, 0.29) is 16.9 Å². The molecule has 1 aromatic carbocycles. The highest BCUT2D eigenvalue weighted by Gasteiger charge is 2.30. The molecular formula is C22H39NO3Si. The maximum absolute atomic E-state index is 12.3. The first-order chi connectivity index (χ1) is 12.0. The third-order valence-electron chi connectivity index (χ3n) is 3.96. The van der Waals surface area contributed by atoms with Gasteiger partial charge in [0.25, 0.3) is 0 Å². The molecule has 0 aromatic heterocycles. The van der Waals surface area contributed by atoms with Gasteiger partial charge in [-0.05, 0) is 68.0 Å². The molecule has 0 fully saturated rings. The maximum Gasteiger partial charge on any atom is 0.412 e. The lowest BCUT2D eigenvalue weighted by Crippen LogP contribution is -2.28. The van der Waals surface area contributed by atoms with Gasteiger partial charge >= 0.3 is 6.09 Å². The van der Waals surface area contributed by atoms with Gasteiger partial charge in [0.15, 0.2) is 9.04 Å². The van der Waals surface area contributed by atoms with Gasteiger partial charge in [-0.3, -0.25) is 5.32 Å². The van der Waals surface area contributed by atoms with Crippen molar-refractivity contribution in [3.63, 3.8) is 0 Å². The standard InChI is InChI=1S/C22H39NO3Si/c1-20(2,3)16-12-15(18(21(4,5)6)26-27(10)11)13-17(14-16)23-19(24)25-22(7,8)9/h12-14,18,27H,1-11H3,(H,23,24). The van der Waals surface area contributed by atoms with Crippen LogP contribution in [0.25, 0.3) is 0 Å². The van der Waals surface area contributed by atoms with Gasteiger partial charge in [0.05, 0.1) is 6.10 Å². The number of carbonyl (C=O) groups is 1. The van der Waals surface area contributed by atoms with Crippen LogP contribution in [0.3, 0.4) is 0 Å². The lowest BCUT2D eigenvalue weighted by atomic mass is 9.80. The van der Waals surface area contributed by atoms with E-state index in [1.807, 2.05) is 32.9 Å². The van der Waals surface area contributed by atoms with E-state index in [2.05, 4.69) is 66.0 Å². The molecule has 0 saturated heterocycles. The summed E-state index contributed by atoms with van der Waals surface area (Å²) in [6.07, 6.45) is -0.461. The SMILES string of the molecule is C[SiH](C)OC(c1cc(NC(=O)OC(C)(C)C)cc(C(C)(C)C)c1)C(C)(C)C. The number of hydrogen-bond acceptors (Lipinski definition) is 3. The van der Waals surface area contributed by atoms with Crippen LogP contribution in [0.2, 0.25) is 13.1 Å². The van der Waals surface area contributed by atoms with E-state index in [9.17, 15) is 4.79 Å². The quantitative estimate of drug-likeness (QED) is 0.601. The second-order valence-corrected chi connectivity index (χ2v) is 13.0. The van der Waals surface area contributed by atoms with Crippen LogP contribution in [0.4, 0.5) is 10.5 Å². The van der Waals surface area contributed by atoms with Crippen LogP contribution in [-0.2, 0) is 14.6 Å². The third kappa shape index (κ3) is 8.05.